The molecule has 3 heteroatoms. The second-order valence-corrected chi connectivity index (χ2v) is 4.62. The van der Waals surface area contributed by atoms with Crippen molar-refractivity contribution in [3.63, 3.8) is 0 Å². The van der Waals surface area contributed by atoms with Gasteiger partial charge in [0, 0.05) is 28.0 Å². The van der Waals surface area contributed by atoms with Crippen LogP contribution in [-0.4, -0.2) is 10.8 Å². The third-order valence-electron chi connectivity index (χ3n) is 2.48. The summed E-state index contributed by atoms with van der Waals surface area (Å²) in [6.45, 7) is 1.63. The van der Waals surface area contributed by atoms with Crippen LogP contribution in [0.2, 0.25) is 0 Å². The SMILES string of the molecule is CC(=O)CCc1c[nH]c2ccc(Br)cc12. The molecule has 0 spiro atoms. The first-order valence-corrected chi connectivity index (χ1v) is 5.71. The minimum atomic E-state index is 0.236. The Balaban J connectivity index is 2.35. The van der Waals surface area contributed by atoms with Gasteiger partial charge in [-0.2, -0.15) is 0 Å². The average Bonchev–Trinajstić information content (AvgIpc) is 2.57. The fourth-order valence-corrected chi connectivity index (χ4v) is 2.03. The standard InChI is InChI=1S/C12H12BrNO/c1-8(15)2-3-9-7-14-12-5-4-10(13)6-11(9)12/h4-7,14H,2-3H2,1H3. The Kier molecular flexibility index (Phi) is 2.91. The smallest absolute Gasteiger partial charge is 0.130 e. The van der Waals surface area contributed by atoms with Gasteiger partial charge in [0.25, 0.3) is 0 Å². The van der Waals surface area contributed by atoms with Gasteiger partial charge in [0.2, 0.25) is 0 Å². The Hall–Kier alpha value is -1.09. The highest BCUT2D eigenvalue weighted by Gasteiger charge is 2.04. The number of rotatable bonds is 3. The van der Waals surface area contributed by atoms with Crippen molar-refractivity contribution in [1.82, 2.24) is 4.98 Å². The summed E-state index contributed by atoms with van der Waals surface area (Å²) in [6.07, 6.45) is 3.41. The van der Waals surface area contributed by atoms with Gasteiger partial charge in [0.05, 0.1) is 0 Å². The van der Waals surface area contributed by atoms with Gasteiger partial charge in [-0.25, -0.2) is 0 Å². The third-order valence-corrected chi connectivity index (χ3v) is 2.97. The highest BCUT2D eigenvalue weighted by molar-refractivity contribution is 9.10. The van der Waals surface area contributed by atoms with Gasteiger partial charge >= 0.3 is 0 Å². The molecule has 0 saturated carbocycles. The van der Waals surface area contributed by atoms with E-state index in [9.17, 15) is 4.79 Å². The summed E-state index contributed by atoms with van der Waals surface area (Å²) in [5.41, 5.74) is 2.33. The lowest BCUT2D eigenvalue weighted by Crippen LogP contribution is -1.92. The first-order chi connectivity index (χ1) is 7.16. The molecule has 1 aromatic heterocycles. The molecule has 1 heterocycles. The lowest BCUT2D eigenvalue weighted by atomic mass is 10.1. The molecule has 1 N–H and O–H groups in total. The molecule has 0 atom stereocenters. The molecule has 0 radical (unpaired) electrons. The van der Waals surface area contributed by atoms with Crippen molar-refractivity contribution in [2.45, 2.75) is 19.8 Å². The lowest BCUT2D eigenvalue weighted by Gasteiger charge is -1.97. The molecule has 78 valence electrons. The van der Waals surface area contributed by atoms with Crippen LogP contribution in [0.3, 0.4) is 0 Å². The molecule has 2 rings (SSSR count). The quantitative estimate of drug-likeness (QED) is 0.906. The van der Waals surface area contributed by atoms with Crippen molar-refractivity contribution in [2.75, 3.05) is 0 Å². The molecule has 0 amide bonds. The first kappa shape index (κ1) is 10.4. The number of aryl methyl sites for hydroxylation is 1. The summed E-state index contributed by atoms with van der Waals surface area (Å²) >= 11 is 3.45. The Morgan fingerprint density at radius 2 is 2.27 bits per heavy atom. The minimum Gasteiger partial charge on any atom is -0.361 e. The summed E-state index contributed by atoms with van der Waals surface area (Å²) in [4.78, 5) is 14.1. The zero-order valence-corrected chi connectivity index (χ0v) is 10.1. The summed E-state index contributed by atoms with van der Waals surface area (Å²) in [5, 5.41) is 1.20. The van der Waals surface area contributed by atoms with E-state index < -0.39 is 0 Å². The third kappa shape index (κ3) is 2.29. The van der Waals surface area contributed by atoms with Gasteiger partial charge in [0.1, 0.15) is 5.78 Å². The molecular formula is C12H12BrNO. The summed E-state index contributed by atoms with van der Waals surface area (Å²) in [6, 6.07) is 6.13. The van der Waals surface area contributed by atoms with E-state index >= 15 is 0 Å². The summed E-state index contributed by atoms with van der Waals surface area (Å²) < 4.78 is 1.07. The second-order valence-electron chi connectivity index (χ2n) is 3.71. The van der Waals surface area contributed by atoms with Gasteiger partial charge in [-0.15, -0.1) is 0 Å². The van der Waals surface area contributed by atoms with Gasteiger partial charge < -0.3 is 9.78 Å². The molecule has 2 nitrogen and oxygen atoms in total. The molecule has 0 aliphatic carbocycles. The normalized spacial score (nSPS) is 10.8. The van der Waals surface area contributed by atoms with Crippen LogP contribution in [0.15, 0.2) is 28.9 Å². The van der Waals surface area contributed by atoms with Gasteiger partial charge in [-0.1, -0.05) is 15.9 Å². The van der Waals surface area contributed by atoms with E-state index in [-0.39, 0.29) is 5.78 Å². The predicted octanol–water partition coefficient (Wildman–Crippen LogP) is 3.45. The molecule has 0 aliphatic rings. The van der Waals surface area contributed by atoms with E-state index in [4.69, 9.17) is 0 Å². The number of aromatic nitrogens is 1. The van der Waals surface area contributed by atoms with E-state index in [1.807, 2.05) is 18.3 Å². The number of ketones is 1. The van der Waals surface area contributed by atoms with Crippen molar-refractivity contribution in [1.29, 1.82) is 0 Å². The molecule has 0 fully saturated rings. The topological polar surface area (TPSA) is 32.9 Å². The number of Topliss-reactive ketones (excluding diaryl/α,β-unsaturated/α-hetero) is 1. The number of hydrogen-bond donors (Lipinski definition) is 1. The maximum absolute atomic E-state index is 10.9. The number of fused-ring (bicyclic) bond motifs is 1. The van der Waals surface area contributed by atoms with Crippen LogP contribution < -0.4 is 0 Å². The molecule has 0 saturated heterocycles. The van der Waals surface area contributed by atoms with Gasteiger partial charge in [-0.05, 0) is 37.1 Å². The average molecular weight is 266 g/mol. The number of halogens is 1. The van der Waals surface area contributed by atoms with Crippen LogP contribution in [0.1, 0.15) is 18.9 Å². The number of aromatic amines is 1. The molecule has 0 aliphatic heterocycles. The fourth-order valence-electron chi connectivity index (χ4n) is 1.67. The van der Waals surface area contributed by atoms with E-state index in [1.165, 1.54) is 10.9 Å². The highest BCUT2D eigenvalue weighted by Crippen LogP contribution is 2.23. The van der Waals surface area contributed by atoms with E-state index in [2.05, 4.69) is 27.0 Å². The summed E-state index contributed by atoms with van der Waals surface area (Å²) in [7, 11) is 0. The number of hydrogen-bond acceptors (Lipinski definition) is 1. The van der Waals surface area contributed by atoms with E-state index in [0.717, 1.165) is 16.4 Å². The van der Waals surface area contributed by atoms with E-state index in [0.29, 0.717) is 6.42 Å². The number of carbonyl (C=O) groups is 1. The zero-order chi connectivity index (χ0) is 10.8. The van der Waals surface area contributed by atoms with Crippen molar-refractivity contribution >= 4 is 32.6 Å². The largest absolute Gasteiger partial charge is 0.361 e. The van der Waals surface area contributed by atoms with Crippen LogP contribution in [0, 0.1) is 0 Å². The maximum atomic E-state index is 10.9. The molecule has 2 aromatic rings. The summed E-state index contributed by atoms with van der Waals surface area (Å²) in [5.74, 6) is 0.236. The van der Waals surface area contributed by atoms with Gasteiger partial charge in [-0.3, -0.25) is 0 Å². The van der Waals surface area contributed by atoms with Crippen LogP contribution >= 0.6 is 15.9 Å². The Morgan fingerprint density at radius 1 is 1.47 bits per heavy atom. The van der Waals surface area contributed by atoms with Crippen molar-refractivity contribution in [2.24, 2.45) is 0 Å². The Morgan fingerprint density at radius 3 is 3.00 bits per heavy atom. The fraction of sp³-hybridized carbons (Fsp3) is 0.250. The van der Waals surface area contributed by atoms with Crippen LogP contribution in [0.5, 0.6) is 0 Å². The van der Waals surface area contributed by atoms with Crippen molar-refractivity contribution in [3.05, 3.63) is 34.4 Å². The number of benzene rings is 1. The first-order valence-electron chi connectivity index (χ1n) is 4.92. The molecule has 1 aromatic carbocycles. The van der Waals surface area contributed by atoms with Gasteiger partial charge in [0.15, 0.2) is 0 Å². The monoisotopic (exact) mass is 265 g/mol. The highest BCUT2D eigenvalue weighted by atomic mass is 79.9. The molecular weight excluding hydrogens is 254 g/mol. The number of H-pyrrole nitrogens is 1. The molecule has 0 unspecified atom stereocenters. The van der Waals surface area contributed by atoms with Crippen LogP contribution in [0.25, 0.3) is 10.9 Å². The predicted molar refractivity (Wildman–Crippen MR) is 65.0 cm³/mol. The Labute approximate surface area is 96.8 Å². The van der Waals surface area contributed by atoms with Crippen molar-refractivity contribution in [3.8, 4) is 0 Å². The zero-order valence-electron chi connectivity index (χ0n) is 8.51. The molecule has 0 bridgehead atoms. The van der Waals surface area contributed by atoms with Crippen LogP contribution in [0.4, 0.5) is 0 Å². The second kappa shape index (κ2) is 4.19. The maximum Gasteiger partial charge on any atom is 0.130 e. The van der Waals surface area contributed by atoms with E-state index in [1.54, 1.807) is 6.92 Å². The lowest BCUT2D eigenvalue weighted by molar-refractivity contribution is -0.116. The minimum absolute atomic E-state index is 0.236. The number of carbonyl (C=O) groups excluding carboxylic acids is 1. The molecule has 15 heavy (non-hydrogen) atoms. The Bertz CT molecular complexity index is 501. The number of nitrogens with one attached hydrogen (secondary N) is 1. The van der Waals surface area contributed by atoms with Crippen molar-refractivity contribution < 1.29 is 4.79 Å². The van der Waals surface area contributed by atoms with Crippen LogP contribution in [-0.2, 0) is 11.2 Å².